The third-order valence-corrected chi connectivity index (χ3v) is 3.80. The lowest BCUT2D eigenvalue weighted by molar-refractivity contribution is 1.34. The molecule has 0 aliphatic heterocycles. The number of hydrogen-bond acceptors (Lipinski definition) is 2. The van der Waals surface area contributed by atoms with Crippen molar-refractivity contribution in [2.24, 2.45) is 0 Å². The van der Waals surface area contributed by atoms with Crippen molar-refractivity contribution in [3.05, 3.63) is 54.6 Å². The van der Waals surface area contributed by atoms with Crippen LogP contribution in [0.1, 0.15) is 0 Å². The maximum Gasteiger partial charge on any atom is 0.0123 e. The number of rotatable bonds is 3. The van der Waals surface area contributed by atoms with Gasteiger partial charge in [0.25, 0.3) is 0 Å². The van der Waals surface area contributed by atoms with Gasteiger partial charge in [-0.2, -0.15) is 0 Å². The fourth-order valence-corrected chi connectivity index (χ4v) is 2.51. The minimum atomic E-state index is 1.29. The Morgan fingerprint density at radius 2 is 1.20 bits per heavy atom. The summed E-state index contributed by atoms with van der Waals surface area (Å²) in [7, 11) is 0. The van der Waals surface area contributed by atoms with E-state index in [1.807, 2.05) is 6.07 Å². The molecule has 2 aromatic carbocycles. The van der Waals surface area contributed by atoms with Gasteiger partial charge < -0.3 is 0 Å². The van der Waals surface area contributed by atoms with Crippen molar-refractivity contribution in [2.75, 3.05) is 6.26 Å². The van der Waals surface area contributed by atoms with Gasteiger partial charge in [0.1, 0.15) is 0 Å². The summed E-state index contributed by atoms with van der Waals surface area (Å²) in [5.41, 5.74) is 0. The molecular weight excluding hydrogens is 220 g/mol. The Hall–Kier alpha value is -0.860. The number of hydrogen-bond donors (Lipinski definition) is 0. The molecular formula is C13H12S2. The highest BCUT2D eigenvalue weighted by Gasteiger charge is 1.96. The molecule has 0 saturated heterocycles. The summed E-state index contributed by atoms with van der Waals surface area (Å²) >= 11 is 3.57. The topological polar surface area (TPSA) is 0 Å². The molecule has 0 unspecified atom stereocenters. The molecule has 0 aliphatic rings. The summed E-state index contributed by atoms with van der Waals surface area (Å²) in [5.74, 6) is 0. The fourth-order valence-electron chi connectivity index (χ4n) is 1.27. The molecule has 0 bridgehead atoms. The SMILES string of the molecule is CSc1ccc(Sc2ccccc2)cc1. The van der Waals surface area contributed by atoms with Gasteiger partial charge in [-0.1, -0.05) is 30.0 Å². The first-order valence-electron chi connectivity index (χ1n) is 4.75. The third kappa shape index (κ3) is 3.05. The van der Waals surface area contributed by atoms with Crippen LogP contribution in [-0.4, -0.2) is 6.26 Å². The maximum atomic E-state index is 2.17. The Kier molecular flexibility index (Phi) is 3.75. The van der Waals surface area contributed by atoms with Crippen LogP contribution in [-0.2, 0) is 0 Å². The van der Waals surface area contributed by atoms with Gasteiger partial charge in [-0.15, -0.1) is 11.8 Å². The van der Waals surface area contributed by atoms with Crippen molar-refractivity contribution in [3.63, 3.8) is 0 Å². The largest absolute Gasteiger partial charge is 0.130 e. The second kappa shape index (κ2) is 5.29. The minimum absolute atomic E-state index is 1.29. The Labute approximate surface area is 99.1 Å². The van der Waals surface area contributed by atoms with Crippen LogP contribution < -0.4 is 0 Å². The lowest BCUT2D eigenvalue weighted by Gasteiger charge is -2.02. The normalized spacial score (nSPS) is 10.2. The summed E-state index contributed by atoms with van der Waals surface area (Å²) < 4.78 is 0. The highest BCUT2D eigenvalue weighted by atomic mass is 32.2. The average molecular weight is 232 g/mol. The van der Waals surface area contributed by atoms with Crippen LogP contribution >= 0.6 is 23.5 Å². The second-order valence-electron chi connectivity index (χ2n) is 3.09. The molecule has 0 radical (unpaired) electrons. The Balaban J connectivity index is 2.11. The van der Waals surface area contributed by atoms with E-state index in [9.17, 15) is 0 Å². The Bertz CT molecular complexity index is 406. The standard InChI is InChI=1S/C13H12S2/c1-14-11-7-9-13(10-8-11)15-12-5-3-2-4-6-12/h2-10H,1H3. The van der Waals surface area contributed by atoms with Crippen LogP contribution in [0.3, 0.4) is 0 Å². The molecule has 2 rings (SSSR count). The van der Waals surface area contributed by atoms with E-state index in [1.165, 1.54) is 14.7 Å². The molecule has 0 spiro atoms. The highest BCUT2D eigenvalue weighted by molar-refractivity contribution is 7.99. The molecule has 0 atom stereocenters. The smallest absolute Gasteiger partial charge is 0.0123 e. The summed E-state index contributed by atoms with van der Waals surface area (Å²) in [6.07, 6.45) is 2.10. The first-order chi connectivity index (χ1) is 7.38. The van der Waals surface area contributed by atoms with Crippen molar-refractivity contribution >= 4 is 23.5 Å². The lowest BCUT2D eigenvalue weighted by Crippen LogP contribution is -1.73. The van der Waals surface area contributed by atoms with Crippen LogP contribution in [0.15, 0.2) is 69.3 Å². The van der Waals surface area contributed by atoms with Crippen molar-refractivity contribution in [1.82, 2.24) is 0 Å². The minimum Gasteiger partial charge on any atom is -0.130 e. The van der Waals surface area contributed by atoms with Gasteiger partial charge in [0.15, 0.2) is 0 Å². The van der Waals surface area contributed by atoms with Gasteiger partial charge in [0, 0.05) is 14.7 Å². The van der Waals surface area contributed by atoms with Gasteiger partial charge in [0.05, 0.1) is 0 Å². The van der Waals surface area contributed by atoms with E-state index in [4.69, 9.17) is 0 Å². The quantitative estimate of drug-likeness (QED) is 0.711. The zero-order valence-corrected chi connectivity index (χ0v) is 10.1. The van der Waals surface area contributed by atoms with E-state index in [2.05, 4.69) is 54.8 Å². The zero-order chi connectivity index (χ0) is 10.5. The monoisotopic (exact) mass is 232 g/mol. The van der Waals surface area contributed by atoms with Crippen LogP contribution in [0.5, 0.6) is 0 Å². The number of thioether (sulfide) groups is 1. The van der Waals surface area contributed by atoms with Crippen molar-refractivity contribution < 1.29 is 0 Å². The molecule has 2 heteroatoms. The molecule has 15 heavy (non-hydrogen) atoms. The predicted molar refractivity (Wildman–Crippen MR) is 68.8 cm³/mol. The molecule has 0 fully saturated rings. The van der Waals surface area contributed by atoms with E-state index in [0.29, 0.717) is 0 Å². The second-order valence-corrected chi connectivity index (χ2v) is 5.12. The molecule has 0 aromatic heterocycles. The summed E-state index contributed by atoms with van der Waals surface area (Å²) in [6.45, 7) is 0. The van der Waals surface area contributed by atoms with Crippen molar-refractivity contribution in [2.45, 2.75) is 14.7 Å². The summed E-state index contributed by atoms with van der Waals surface area (Å²) in [5, 5.41) is 0. The van der Waals surface area contributed by atoms with Crippen LogP contribution in [0.4, 0.5) is 0 Å². The van der Waals surface area contributed by atoms with Crippen molar-refractivity contribution in [1.29, 1.82) is 0 Å². The average Bonchev–Trinajstić information content (AvgIpc) is 2.31. The summed E-state index contributed by atoms with van der Waals surface area (Å²) in [4.78, 5) is 3.89. The first-order valence-corrected chi connectivity index (χ1v) is 6.79. The fraction of sp³-hybridized carbons (Fsp3) is 0.0769. The number of benzene rings is 2. The van der Waals surface area contributed by atoms with Gasteiger partial charge in [-0.05, 0) is 42.7 Å². The molecule has 0 saturated carbocycles. The van der Waals surface area contributed by atoms with Gasteiger partial charge >= 0.3 is 0 Å². The summed E-state index contributed by atoms with van der Waals surface area (Å²) in [6, 6.07) is 19.1. The highest BCUT2D eigenvalue weighted by Crippen LogP contribution is 2.28. The van der Waals surface area contributed by atoms with Crippen molar-refractivity contribution in [3.8, 4) is 0 Å². The maximum absolute atomic E-state index is 2.17. The van der Waals surface area contributed by atoms with Gasteiger partial charge in [-0.3, -0.25) is 0 Å². The molecule has 0 nitrogen and oxygen atoms in total. The zero-order valence-electron chi connectivity index (χ0n) is 8.51. The first kappa shape index (κ1) is 10.7. The van der Waals surface area contributed by atoms with Gasteiger partial charge in [-0.25, -0.2) is 0 Å². The molecule has 0 N–H and O–H groups in total. The van der Waals surface area contributed by atoms with E-state index in [1.54, 1.807) is 23.5 Å². The van der Waals surface area contributed by atoms with E-state index in [-0.39, 0.29) is 0 Å². The molecule has 76 valence electrons. The Morgan fingerprint density at radius 3 is 1.80 bits per heavy atom. The Morgan fingerprint density at radius 1 is 0.667 bits per heavy atom. The van der Waals surface area contributed by atoms with E-state index < -0.39 is 0 Å². The van der Waals surface area contributed by atoms with E-state index >= 15 is 0 Å². The van der Waals surface area contributed by atoms with Crippen LogP contribution in [0.2, 0.25) is 0 Å². The van der Waals surface area contributed by atoms with Gasteiger partial charge in [0.2, 0.25) is 0 Å². The molecule has 0 heterocycles. The molecule has 2 aromatic rings. The van der Waals surface area contributed by atoms with E-state index in [0.717, 1.165) is 0 Å². The predicted octanol–water partition coefficient (Wildman–Crippen LogP) is 4.56. The van der Waals surface area contributed by atoms with Crippen LogP contribution in [0.25, 0.3) is 0 Å². The lowest BCUT2D eigenvalue weighted by atomic mass is 10.4. The molecule has 0 amide bonds. The third-order valence-electron chi connectivity index (χ3n) is 2.04. The van der Waals surface area contributed by atoms with Crippen LogP contribution in [0, 0.1) is 0 Å². The molecule has 0 aliphatic carbocycles.